The lowest BCUT2D eigenvalue weighted by atomic mass is 9.71. The van der Waals surface area contributed by atoms with Crippen molar-refractivity contribution in [3.05, 3.63) is 65.3 Å². The number of aryl methyl sites for hydroxylation is 1. The summed E-state index contributed by atoms with van der Waals surface area (Å²) >= 11 is 0. The van der Waals surface area contributed by atoms with Crippen molar-refractivity contribution >= 4 is 17.6 Å². The number of benzene rings is 1. The van der Waals surface area contributed by atoms with Gasteiger partial charge in [-0.2, -0.15) is 0 Å². The molecule has 2 aromatic rings. The number of carbonyl (C=O) groups is 2. The topological polar surface area (TPSA) is 75.2 Å². The van der Waals surface area contributed by atoms with Crippen molar-refractivity contribution in [1.29, 1.82) is 0 Å². The molecule has 1 spiro atoms. The SMILES string of the molecule is Cc1nccc(N2CCC3(CCC/C(=C/NC(=O)c4ccc(F)c(F)c4)C3)C2=O)n1. The molecule has 1 aromatic heterocycles. The molecule has 1 aliphatic heterocycles. The smallest absolute Gasteiger partial charge is 0.255 e. The first-order chi connectivity index (χ1) is 14.4. The number of hydrogen-bond acceptors (Lipinski definition) is 4. The predicted octanol–water partition coefficient (Wildman–Crippen LogP) is 3.67. The quantitative estimate of drug-likeness (QED) is 0.835. The number of hydrogen-bond donors (Lipinski definition) is 1. The average molecular weight is 412 g/mol. The molecule has 30 heavy (non-hydrogen) atoms. The van der Waals surface area contributed by atoms with E-state index in [1.807, 2.05) is 0 Å². The molecule has 4 rings (SSSR count). The molecule has 2 amide bonds. The summed E-state index contributed by atoms with van der Waals surface area (Å²) in [6, 6.07) is 4.77. The Morgan fingerprint density at radius 3 is 2.83 bits per heavy atom. The fourth-order valence-electron chi connectivity index (χ4n) is 4.31. The summed E-state index contributed by atoms with van der Waals surface area (Å²) in [5.74, 6) is -1.29. The van der Waals surface area contributed by atoms with Crippen molar-refractivity contribution in [3.8, 4) is 0 Å². The molecule has 2 fully saturated rings. The number of halogens is 2. The van der Waals surface area contributed by atoms with Gasteiger partial charge in [0.1, 0.15) is 11.6 Å². The summed E-state index contributed by atoms with van der Waals surface area (Å²) in [7, 11) is 0. The minimum absolute atomic E-state index is 0.0403. The molecule has 1 saturated heterocycles. The van der Waals surface area contributed by atoms with Gasteiger partial charge >= 0.3 is 0 Å². The van der Waals surface area contributed by atoms with Gasteiger partial charge in [0.25, 0.3) is 5.91 Å². The van der Waals surface area contributed by atoms with Gasteiger partial charge in [0.2, 0.25) is 5.91 Å². The second-order valence-electron chi connectivity index (χ2n) is 7.88. The van der Waals surface area contributed by atoms with Crippen LogP contribution in [0.5, 0.6) is 0 Å². The van der Waals surface area contributed by atoms with Gasteiger partial charge in [0.15, 0.2) is 11.6 Å². The number of nitrogens with zero attached hydrogens (tertiary/aromatic N) is 3. The van der Waals surface area contributed by atoms with E-state index >= 15 is 0 Å². The number of aromatic nitrogens is 2. The third-order valence-corrected chi connectivity index (χ3v) is 5.86. The number of carbonyl (C=O) groups excluding carboxylic acids is 2. The third kappa shape index (κ3) is 3.81. The van der Waals surface area contributed by atoms with Crippen LogP contribution in [0.4, 0.5) is 14.6 Å². The molecule has 2 heterocycles. The van der Waals surface area contributed by atoms with E-state index in [0.29, 0.717) is 24.6 Å². The molecular weight excluding hydrogens is 390 g/mol. The molecule has 1 N–H and O–H groups in total. The van der Waals surface area contributed by atoms with Crippen LogP contribution < -0.4 is 10.2 Å². The van der Waals surface area contributed by atoms with E-state index in [2.05, 4.69) is 15.3 Å². The molecule has 156 valence electrons. The van der Waals surface area contributed by atoms with Gasteiger partial charge in [-0.05, 0) is 63.3 Å². The highest BCUT2D eigenvalue weighted by Gasteiger charge is 2.48. The monoisotopic (exact) mass is 412 g/mol. The highest BCUT2D eigenvalue weighted by Crippen LogP contribution is 2.47. The second-order valence-corrected chi connectivity index (χ2v) is 7.88. The van der Waals surface area contributed by atoms with E-state index < -0.39 is 23.0 Å². The van der Waals surface area contributed by atoms with Crippen molar-refractivity contribution in [2.75, 3.05) is 11.4 Å². The number of rotatable bonds is 3. The molecule has 1 unspecified atom stereocenters. The van der Waals surface area contributed by atoms with Crippen LogP contribution in [0, 0.1) is 24.0 Å². The molecule has 1 aromatic carbocycles. The first kappa shape index (κ1) is 20.1. The largest absolute Gasteiger partial charge is 0.329 e. The summed E-state index contributed by atoms with van der Waals surface area (Å²) in [6.45, 7) is 2.39. The zero-order valence-electron chi connectivity index (χ0n) is 16.6. The van der Waals surface area contributed by atoms with Gasteiger partial charge in [0.05, 0.1) is 5.41 Å². The Hall–Kier alpha value is -3.16. The number of anilines is 1. The van der Waals surface area contributed by atoms with Gasteiger partial charge in [0, 0.05) is 24.5 Å². The summed E-state index contributed by atoms with van der Waals surface area (Å²) < 4.78 is 26.4. The normalized spacial score (nSPS) is 22.7. The Balaban J connectivity index is 1.47. The second kappa shape index (κ2) is 7.93. The van der Waals surface area contributed by atoms with Crippen molar-refractivity contribution in [1.82, 2.24) is 15.3 Å². The number of allylic oxidation sites excluding steroid dienone is 1. The molecule has 0 bridgehead atoms. The van der Waals surface area contributed by atoms with Crippen LogP contribution in [0.25, 0.3) is 0 Å². The van der Waals surface area contributed by atoms with Crippen molar-refractivity contribution in [3.63, 3.8) is 0 Å². The summed E-state index contributed by atoms with van der Waals surface area (Å²) in [5, 5.41) is 2.65. The van der Waals surface area contributed by atoms with Gasteiger partial charge in [-0.25, -0.2) is 18.7 Å². The lowest BCUT2D eigenvalue weighted by molar-refractivity contribution is -0.126. The standard InChI is InChI=1S/C22H22F2N4O2/c1-14-25-9-6-19(27-14)28-10-8-22(21(28)30)7-2-3-15(12-22)13-26-20(29)16-4-5-17(23)18(24)11-16/h4-6,9,11,13H,2-3,7-8,10,12H2,1H3,(H,26,29)/b15-13-. The van der Waals surface area contributed by atoms with Crippen LogP contribution in [-0.4, -0.2) is 28.3 Å². The molecule has 1 atom stereocenters. The number of amides is 2. The zero-order chi connectivity index (χ0) is 21.3. The molecule has 8 heteroatoms. The van der Waals surface area contributed by atoms with E-state index in [-0.39, 0.29) is 11.5 Å². The van der Waals surface area contributed by atoms with E-state index in [4.69, 9.17) is 0 Å². The van der Waals surface area contributed by atoms with E-state index in [0.717, 1.165) is 43.4 Å². The predicted molar refractivity (Wildman–Crippen MR) is 107 cm³/mol. The van der Waals surface area contributed by atoms with Crippen molar-refractivity contribution in [2.45, 2.75) is 39.0 Å². The van der Waals surface area contributed by atoms with Crippen LogP contribution in [0.15, 0.2) is 42.2 Å². The Morgan fingerprint density at radius 2 is 2.07 bits per heavy atom. The van der Waals surface area contributed by atoms with Gasteiger partial charge in [-0.1, -0.05) is 5.57 Å². The molecular formula is C22H22F2N4O2. The summed E-state index contributed by atoms with van der Waals surface area (Å²) in [6.07, 6.45) is 6.95. The van der Waals surface area contributed by atoms with E-state index in [9.17, 15) is 18.4 Å². The third-order valence-electron chi connectivity index (χ3n) is 5.86. The van der Waals surface area contributed by atoms with Gasteiger partial charge in [-0.15, -0.1) is 0 Å². The zero-order valence-corrected chi connectivity index (χ0v) is 16.6. The van der Waals surface area contributed by atoms with Crippen LogP contribution in [0.1, 0.15) is 48.3 Å². The van der Waals surface area contributed by atoms with E-state index in [1.165, 1.54) is 6.07 Å². The molecule has 6 nitrogen and oxygen atoms in total. The first-order valence-corrected chi connectivity index (χ1v) is 9.93. The Kier molecular flexibility index (Phi) is 5.32. The highest BCUT2D eigenvalue weighted by molar-refractivity contribution is 5.99. The number of nitrogens with one attached hydrogen (secondary N) is 1. The molecule has 1 aliphatic carbocycles. The molecule has 2 aliphatic rings. The average Bonchev–Trinajstić information content (AvgIpc) is 3.04. The van der Waals surface area contributed by atoms with Crippen molar-refractivity contribution in [2.24, 2.45) is 5.41 Å². The fraction of sp³-hybridized carbons (Fsp3) is 0.364. The Labute approximate surface area is 173 Å². The Bertz CT molecular complexity index is 1040. The van der Waals surface area contributed by atoms with Crippen LogP contribution >= 0.6 is 0 Å². The Morgan fingerprint density at radius 1 is 1.23 bits per heavy atom. The fourth-order valence-corrected chi connectivity index (χ4v) is 4.31. The lowest BCUT2D eigenvalue weighted by Crippen LogP contribution is -2.37. The molecule has 1 saturated carbocycles. The maximum atomic E-state index is 13.4. The summed E-state index contributed by atoms with van der Waals surface area (Å²) in [5.41, 5.74) is 0.514. The maximum Gasteiger partial charge on any atom is 0.255 e. The lowest BCUT2D eigenvalue weighted by Gasteiger charge is -2.33. The highest BCUT2D eigenvalue weighted by atomic mass is 19.2. The van der Waals surface area contributed by atoms with Crippen LogP contribution in [-0.2, 0) is 4.79 Å². The first-order valence-electron chi connectivity index (χ1n) is 9.93. The maximum absolute atomic E-state index is 13.4. The van der Waals surface area contributed by atoms with Crippen LogP contribution in [0.3, 0.4) is 0 Å². The minimum Gasteiger partial charge on any atom is -0.329 e. The van der Waals surface area contributed by atoms with E-state index in [1.54, 1.807) is 30.3 Å². The van der Waals surface area contributed by atoms with Crippen LogP contribution in [0.2, 0.25) is 0 Å². The minimum atomic E-state index is -1.07. The van der Waals surface area contributed by atoms with Gasteiger partial charge in [-0.3, -0.25) is 14.5 Å². The van der Waals surface area contributed by atoms with Gasteiger partial charge < -0.3 is 5.32 Å². The molecule has 0 radical (unpaired) electrons. The van der Waals surface area contributed by atoms with Crippen molar-refractivity contribution < 1.29 is 18.4 Å². The summed E-state index contributed by atoms with van der Waals surface area (Å²) in [4.78, 5) is 35.7.